The average Bonchev–Trinajstić information content (AvgIpc) is 2.62. The zero-order valence-electron chi connectivity index (χ0n) is 14.2. The van der Waals surface area contributed by atoms with E-state index >= 15 is 0 Å². The maximum absolute atomic E-state index is 12.4. The number of carbonyl (C=O) groups is 1. The molecule has 0 aliphatic heterocycles. The summed E-state index contributed by atoms with van der Waals surface area (Å²) in [5, 5.41) is 2.78. The van der Waals surface area contributed by atoms with Crippen LogP contribution in [0.2, 0.25) is 0 Å². The Morgan fingerprint density at radius 1 is 1.28 bits per heavy atom. The minimum Gasteiger partial charge on any atom is -0.496 e. The number of aryl methyl sites for hydroxylation is 1. The summed E-state index contributed by atoms with van der Waals surface area (Å²) in [6.07, 6.45) is 3.53. The van der Waals surface area contributed by atoms with Crippen molar-refractivity contribution in [2.75, 3.05) is 13.7 Å². The van der Waals surface area contributed by atoms with Crippen LogP contribution in [-0.4, -0.2) is 28.9 Å². The highest BCUT2D eigenvalue weighted by molar-refractivity contribution is 5.93. The summed E-state index contributed by atoms with van der Waals surface area (Å²) in [5.41, 5.74) is 2.29. The van der Waals surface area contributed by atoms with Crippen LogP contribution in [0, 0.1) is 6.92 Å². The molecule has 0 fully saturated rings. The lowest BCUT2D eigenvalue weighted by molar-refractivity contribution is 0.0952. The van der Waals surface area contributed by atoms with Gasteiger partial charge in [-0.15, -0.1) is 0 Å². The summed E-state index contributed by atoms with van der Waals surface area (Å²) in [5.74, 6) is 0.356. The van der Waals surface area contributed by atoms with E-state index in [4.69, 9.17) is 4.74 Å². The number of hydrogen-bond donors (Lipinski definition) is 1. The van der Waals surface area contributed by atoms with E-state index in [9.17, 15) is 9.59 Å². The van der Waals surface area contributed by atoms with Crippen LogP contribution in [0.4, 0.5) is 0 Å². The first-order valence-corrected chi connectivity index (χ1v) is 7.98. The number of nitrogens with zero attached hydrogens (tertiary/aromatic N) is 2. The monoisotopic (exact) mass is 337 g/mol. The molecule has 3 aromatic rings. The molecule has 0 bridgehead atoms. The standard InChI is InChI=1S/C19H19N3O3/c1-13-6-7-16(25-2)14(11-13)8-9-20-18(23)15-12-21-17-5-3-4-10-22(17)19(15)24/h3-7,10-12H,8-9H2,1-2H3,(H,20,23). The lowest BCUT2D eigenvalue weighted by Crippen LogP contribution is -2.32. The van der Waals surface area contributed by atoms with Crippen molar-refractivity contribution in [2.24, 2.45) is 0 Å². The van der Waals surface area contributed by atoms with E-state index in [1.807, 2.05) is 25.1 Å². The van der Waals surface area contributed by atoms with Gasteiger partial charge in [-0.1, -0.05) is 23.8 Å². The van der Waals surface area contributed by atoms with Gasteiger partial charge < -0.3 is 10.1 Å². The Morgan fingerprint density at radius 3 is 2.92 bits per heavy atom. The summed E-state index contributed by atoms with van der Waals surface area (Å²) in [6.45, 7) is 2.40. The van der Waals surface area contributed by atoms with Gasteiger partial charge in [-0.3, -0.25) is 14.0 Å². The van der Waals surface area contributed by atoms with Crippen LogP contribution in [0.25, 0.3) is 5.65 Å². The Balaban J connectivity index is 1.72. The Morgan fingerprint density at radius 2 is 2.12 bits per heavy atom. The zero-order valence-corrected chi connectivity index (χ0v) is 14.2. The molecule has 6 nitrogen and oxygen atoms in total. The fraction of sp³-hybridized carbons (Fsp3) is 0.211. The van der Waals surface area contributed by atoms with Crippen LogP contribution in [0.5, 0.6) is 5.75 Å². The highest BCUT2D eigenvalue weighted by Crippen LogP contribution is 2.19. The lowest BCUT2D eigenvalue weighted by atomic mass is 10.1. The Hall–Kier alpha value is -3.15. The number of pyridine rings is 1. The predicted octanol–water partition coefficient (Wildman–Crippen LogP) is 1.98. The number of amides is 1. The number of fused-ring (bicyclic) bond motifs is 1. The van der Waals surface area contributed by atoms with Crippen molar-refractivity contribution < 1.29 is 9.53 Å². The van der Waals surface area contributed by atoms with Crippen molar-refractivity contribution in [3.8, 4) is 5.75 Å². The first-order valence-electron chi connectivity index (χ1n) is 7.98. The number of methoxy groups -OCH3 is 1. The van der Waals surface area contributed by atoms with Crippen LogP contribution < -0.4 is 15.6 Å². The van der Waals surface area contributed by atoms with E-state index in [1.165, 1.54) is 10.6 Å². The third-order valence-electron chi connectivity index (χ3n) is 3.97. The third-order valence-corrected chi connectivity index (χ3v) is 3.97. The number of ether oxygens (including phenoxy) is 1. The molecule has 1 amide bonds. The molecule has 1 N–H and O–H groups in total. The van der Waals surface area contributed by atoms with Crippen molar-refractivity contribution in [1.82, 2.24) is 14.7 Å². The van der Waals surface area contributed by atoms with E-state index in [2.05, 4.69) is 10.3 Å². The summed E-state index contributed by atoms with van der Waals surface area (Å²) in [7, 11) is 1.62. The molecule has 3 rings (SSSR count). The van der Waals surface area contributed by atoms with Gasteiger partial charge in [0.1, 0.15) is 17.0 Å². The molecule has 0 atom stereocenters. The Kier molecular flexibility index (Phi) is 4.79. The van der Waals surface area contributed by atoms with Crippen LogP contribution in [-0.2, 0) is 6.42 Å². The van der Waals surface area contributed by atoms with E-state index in [0.29, 0.717) is 18.6 Å². The first-order chi connectivity index (χ1) is 12.1. The van der Waals surface area contributed by atoms with Crippen molar-refractivity contribution >= 4 is 11.6 Å². The number of rotatable bonds is 5. The van der Waals surface area contributed by atoms with Crippen LogP contribution >= 0.6 is 0 Å². The number of carbonyl (C=O) groups excluding carboxylic acids is 1. The molecule has 0 saturated carbocycles. The van der Waals surface area contributed by atoms with Gasteiger partial charge >= 0.3 is 0 Å². The van der Waals surface area contributed by atoms with E-state index in [0.717, 1.165) is 16.9 Å². The molecule has 6 heteroatoms. The summed E-state index contributed by atoms with van der Waals surface area (Å²) in [6, 6.07) is 11.1. The van der Waals surface area contributed by atoms with E-state index in [-0.39, 0.29) is 11.1 Å². The molecule has 128 valence electrons. The number of benzene rings is 1. The van der Waals surface area contributed by atoms with Gasteiger partial charge in [-0.2, -0.15) is 0 Å². The summed E-state index contributed by atoms with van der Waals surface area (Å²) < 4.78 is 6.69. The van der Waals surface area contributed by atoms with Gasteiger partial charge in [0.15, 0.2) is 0 Å². The van der Waals surface area contributed by atoms with Crippen molar-refractivity contribution in [2.45, 2.75) is 13.3 Å². The second kappa shape index (κ2) is 7.17. The third kappa shape index (κ3) is 3.52. The molecule has 1 aromatic carbocycles. The summed E-state index contributed by atoms with van der Waals surface area (Å²) in [4.78, 5) is 28.9. The highest BCUT2D eigenvalue weighted by Gasteiger charge is 2.13. The lowest BCUT2D eigenvalue weighted by Gasteiger charge is -2.10. The molecule has 2 aromatic heterocycles. The molecule has 2 heterocycles. The van der Waals surface area contributed by atoms with Gasteiger partial charge in [0.05, 0.1) is 7.11 Å². The van der Waals surface area contributed by atoms with Gasteiger partial charge in [0.2, 0.25) is 0 Å². The Labute approximate surface area is 145 Å². The summed E-state index contributed by atoms with van der Waals surface area (Å²) >= 11 is 0. The molecule has 0 aliphatic rings. The van der Waals surface area contributed by atoms with Gasteiger partial charge in [-0.25, -0.2) is 4.98 Å². The van der Waals surface area contributed by atoms with Crippen LogP contribution in [0.15, 0.2) is 53.6 Å². The molecule has 0 aliphatic carbocycles. The van der Waals surface area contributed by atoms with Crippen LogP contribution in [0.1, 0.15) is 21.5 Å². The van der Waals surface area contributed by atoms with E-state index < -0.39 is 5.91 Å². The molecule has 0 spiro atoms. The molecular weight excluding hydrogens is 318 g/mol. The van der Waals surface area contributed by atoms with Crippen molar-refractivity contribution in [3.05, 3.63) is 75.8 Å². The van der Waals surface area contributed by atoms with E-state index in [1.54, 1.807) is 31.5 Å². The quantitative estimate of drug-likeness (QED) is 0.773. The van der Waals surface area contributed by atoms with Gasteiger partial charge in [-0.05, 0) is 37.1 Å². The molecule has 0 unspecified atom stereocenters. The topological polar surface area (TPSA) is 72.7 Å². The second-order valence-corrected chi connectivity index (χ2v) is 5.73. The Bertz CT molecular complexity index is 979. The van der Waals surface area contributed by atoms with Crippen molar-refractivity contribution in [3.63, 3.8) is 0 Å². The number of hydrogen-bond acceptors (Lipinski definition) is 4. The normalized spacial score (nSPS) is 10.6. The maximum Gasteiger partial charge on any atom is 0.270 e. The highest BCUT2D eigenvalue weighted by atomic mass is 16.5. The van der Waals surface area contributed by atoms with Crippen LogP contribution in [0.3, 0.4) is 0 Å². The van der Waals surface area contributed by atoms with Gasteiger partial charge in [0, 0.05) is 18.9 Å². The molecular formula is C19H19N3O3. The number of aromatic nitrogens is 2. The SMILES string of the molecule is COc1ccc(C)cc1CCNC(=O)c1cnc2ccccn2c1=O. The minimum absolute atomic E-state index is 0.0277. The first kappa shape index (κ1) is 16.7. The van der Waals surface area contributed by atoms with Gasteiger partial charge in [0.25, 0.3) is 11.5 Å². The second-order valence-electron chi connectivity index (χ2n) is 5.73. The minimum atomic E-state index is -0.428. The van der Waals surface area contributed by atoms with Crippen molar-refractivity contribution in [1.29, 1.82) is 0 Å². The average molecular weight is 337 g/mol. The smallest absolute Gasteiger partial charge is 0.270 e. The molecule has 0 saturated heterocycles. The molecule has 25 heavy (non-hydrogen) atoms. The maximum atomic E-state index is 12.4. The predicted molar refractivity (Wildman–Crippen MR) is 95.2 cm³/mol. The fourth-order valence-corrected chi connectivity index (χ4v) is 2.69. The fourth-order valence-electron chi connectivity index (χ4n) is 2.69. The largest absolute Gasteiger partial charge is 0.496 e. The number of nitrogens with one attached hydrogen (secondary N) is 1. The zero-order chi connectivity index (χ0) is 17.8. The molecule has 0 radical (unpaired) electrons.